The zero-order valence-corrected chi connectivity index (χ0v) is 23.1. The summed E-state index contributed by atoms with van der Waals surface area (Å²) in [7, 11) is 1.84. The first-order valence-electron chi connectivity index (χ1n) is 14.0. The van der Waals surface area contributed by atoms with Crippen molar-refractivity contribution in [1.29, 1.82) is 0 Å². The highest BCUT2D eigenvalue weighted by molar-refractivity contribution is 5.58. The van der Waals surface area contributed by atoms with E-state index in [2.05, 4.69) is 26.9 Å². The fourth-order valence-corrected chi connectivity index (χ4v) is 6.18. The minimum absolute atomic E-state index is 0.182. The lowest BCUT2D eigenvalue weighted by Crippen LogP contribution is -2.34. The van der Waals surface area contributed by atoms with Crippen LogP contribution in [0.2, 0.25) is 0 Å². The summed E-state index contributed by atoms with van der Waals surface area (Å²) in [5, 5.41) is 8.32. The number of halogens is 3. The van der Waals surface area contributed by atoms with Crippen molar-refractivity contribution in [2.24, 2.45) is 13.0 Å². The Balaban J connectivity index is 1.42. The van der Waals surface area contributed by atoms with Gasteiger partial charge in [0.05, 0.1) is 22.7 Å². The molecule has 1 aliphatic heterocycles. The Morgan fingerprint density at radius 3 is 2.68 bits per heavy atom. The topological polar surface area (TPSA) is 64.7 Å². The smallest absolute Gasteiger partial charge is 0.320 e. The van der Waals surface area contributed by atoms with Crippen molar-refractivity contribution in [3.8, 4) is 5.69 Å². The van der Waals surface area contributed by atoms with Crippen molar-refractivity contribution >= 4 is 5.52 Å². The molecule has 2 fully saturated rings. The minimum atomic E-state index is -4.62. The number of benzene rings is 1. The van der Waals surface area contributed by atoms with E-state index in [9.17, 15) is 18.0 Å². The first-order chi connectivity index (χ1) is 19.6. The predicted molar refractivity (Wildman–Crippen MR) is 148 cm³/mol. The monoisotopic (exact) mass is 563 g/mol. The number of pyridine rings is 1. The largest absolute Gasteiger partial charge is 0.418 e. The average Bonchev–Trinajstić information content (AvgIpc) is 3.47. The molecule has 0 N–H and O–H groups in total. The van der Waals surface area contributed by atoms with Crippen molar-refractivity contribution in [2.75, 3.05) is 13.1 Å². The summed E-state index contributed by atoms with van der Waals surface area (Å²) < 4.78 is 47.0. The molecule has 4 heterocycles. The van der Waals surface area contributed by atoms with Crippen LogP contribution in [0.1, 0.15) is 67.5 Å². The van der Waals surface area contributed by atoms with Gasteiger partial charge in [-0.1, -0.05) is 19.1 Å². The predicted octanol–water partition coefficient (Wildman–Crippen LogP) is 5.44. The molecule has 0 radical (unpaired) electrons. The van der Waals surface area contributed by atoms with Gasteiger partial charge < -0.3 is 9.41 Å². The SMILES string of the molecule is [C-]#[N+]C1(CC(c2cccc(-n3cc4c(C(F)(F)F)cc(CN5CCC[C@H](C)C5)cn4c3=O)c2)c2nncn2C)CC1. The molecule has 1 saturated heterocycles. The van der Waals surface area contributed by atoms with Crippen LogP contribution in [0.3, 0.4) is 0 Å². The van der Waals surface area contributed by atoms with Gasteiger partial charge in [0.2, 0.25) is 5.54 Å². The highest BCUT2D eigenvalue weighted by Crippen LogP contribution is 2.48. The standard InChI is InChI=1S/C30H32F3N7O/c1-20-6-5-11-38(15-20)16-21-12-25(30(31,32)33)26-18-39(28(41)40(26)17-21)23-8-4-7-22(13-23)24(14-29(34-2)9-10-29)27-36-35-19-37(27)3/h4,7-8,12-13,17-20,24H,5-6,9-11,14-16H2,1,3H3/t20-,24?/m0/s1. The normalized spacial score (nSPS) is 19.8. The summed E-state index contributed by atoms with van der Waals surface area (Å²) in [6, 6.07) is 8.39. The molecule has 41 heavy (non-hydrogen) atoms. The average molecular weight is 564 g/mol. The first-order valence-corrected chi connectivity index (χ1v) is 14.0. The van der Waals surface area contributed by atoms with Crippen molar-refractivity contribution < 1.29 is 13.2 Å². The number of aryl methyl sites for hydroxylation is 1. The fourth-order valence-electron chi connectivity index (χ4n) is 6.18. The summed E-state index contributed by atoms with van der Waals surface area (Å²) >= 11 is 0. The van der Waals surface area contributed by atoms with Gasteiger partial charge in [-0.2, -0.15) is 13.2 Å². The molecular formula is C30H32F3N7O. The van der Waals surface area contributed by atoms with E-state index in [4.69, 9.17) is 6.57 Å². The molecule has 2 aliphatic rings. The zero-order valence-electron chi connectivity index (χ0n) is 23.1. The molecule has 1 unspecified atom stereocenters. The van der Waals surface area contributed by atoms with Crippen molar-refractivity contribution in [1.82, 2.24) is 28.6 Å². The summed E-state index contributed by atoms with van der Waals surface area (Å²) in [6.45, 7) is 11.8. The Hall–Kier alpha value is -3.91. The number of imidazole rings is 1. The molecule has 3 aromatic heterocycles. The molecule has 6 rings (SSSR count). The molecule has 1 saturated carbocycles. The highest BCUT2D eigenvalue weighted by atomic mass is 19.4. The second-order valence-corrected chi connectivity index (χ2v) is 11.8. The van der Waals surface area contributed by atoms with Crippen LogP contribution in [0.5, 0.6) is 0 Å². The van der Waals surface area contributed by atoms with E-state index in [1.807, 2.05) is 23.7 Å². The fraction of sp³-hybridized carbons (Fsp3) is 0.467. The Kier molecular flexibility index (Phi) is 6.77. The summed E-state index contributed by atoms with van der Waals surface area (Å²) in [5.74, 6) is 0.930. The Bertz CT molecular complexity index is 1690. The number of hydrogen-bond acceptors (Lipinski definition) is 4. The van der Waals surface area contributed by atoms with E-state index in [0.717, 1.165) is 48.7 Å². The second kappa shape index (κ2) is 10.2. The molecule has 1 aromatic carbocycles. The number of hydrogen-bond donors (Lipinski definition) is 0. The number of piperidine rings is 1. The zero-order chi connectivity index (χ0) is 28.9. The lowest BCUT2D eigenvalue weighted by molar-refractivity contribution is -0.136. The lowest BCUT2D eigenvalue weighted by atomic mass is 9.90. The molecule has 11 heteroatoms. The van der Waals surface area contributed by atoms with Crippen LogP contribution in [-0.2, 0) is 19.8 Å². The van der Waals surface area contributed by atoms with Crippen LogP contribution in [0.25, 0.3) is 16.0 Å². The van der Waals surface area contributed by atoms with E-state index < -0.39 is 23.0 Å². The number of alkyl halides is 3. The molecule has 0 amide bonds. The molecule has 0 spiro atoms. The Labute approximate surface area is 235 Å². The maximum absolute atomic E-state index is 14.3. The molecule has 0 bridgehead atoms. The number of nitrogens with zero attached hydrogens (tertiary/aromatic N) is 7. The van der Waals surface area contributed by atoms with E-state index in [1.165, 1.54) is 16.8 Å². The maximum Gasteiger partial charge on any atom is 0.418 e. The van der Waals surface area contributed by atoms with Crippen LogP contribution in [0.15, 0.2) is 53.8 Å². The first kappa shape index (κ1) is 27.3. The summed E-state index contributed by atoms with van der Waals surface area (Å²) in [6.07, 6.45) is 4.10. The second-order valence-electron chi connectivity index (χ2n) is 11.8. The van der Waals surface area contributed by atoms with Gasteiger partial charge in [0.15, 0.2) is 0 Å². The third-order valence-electron chi connectivity index (χ3n) is 8.53. The van der Waals surface area contributed by atoms with Crippen LogP contribution in [0, 0.1) is 12.5 Å². The van der Waals surface area contributed by atoms with E-state index in [1.54, 1.807) is 24.7 Å². The number of rotatable bonds is 7. The third-order valence-corrected chi connectivity index (χ3v) is 8.53. The van der Waals surface area contributed by atoms with Crippen molar-refractivity contribution in [2.45, 2.75) is 63.2 Å². The van der Waals surface area contributed by atoms with Gasteiger partial charge in [-0.25, -0.2) is 11.4 Å². The highest BCUT2D eigenvalue weighted by Gasteiger charge is 2.53. The van der Waals surface area contributed by atoms with Crippen molar-refractivity contribution in [3.05, 3.63) is 93.5 Å². The number of likely N-dealkylation sites (tertiary alicyclic amines) is 1. The number of fused-ring (bicyclic) bond motifs is 1. The van der Waals surface area contributed by atoms with Gasteiger partial charge in [0, 0.05) is 51.8 Å². The van der Waals surface area contributed by atoms with Gasteiger partial charge in [0.25, 0.3) is 0 Å². The van der Waals surface area contributed by atoms with Gasteiger partial charge in [0.1, 0.15) is 12.2 Å². The van der Waals surface area contributed by atoms with Crippen LogP contribution >= 0.6 is 0 Å². The lowest BCUT2D eigenvalue weighted by Gasteiger charge is -2.31. The summed E-state index contributed by atoms with van der Waals surface area (Å²) in [5.41, 5.74) is -0.272. The molecule has 214 valence electrons. The molecule has 4 aromatic rings. The molecule has 2 atom stereocenters. The molecular weight excluding hydrogens is 531 g/mol. The number of aromatic nitrogens is 5. The van der Waals surface area contributed by atoms with E-state index in [0.29, 0.717) is 36.0 Å². The van der Waals surface area contributed by atoms with Gasteiger partial charge in [-0.3, -0.25) is 13.9 Å². The quantitative estimate of drug-likeness (QED) is 0.281. The Morgan fingerprint density at radius 2 is 2.02 bits per heavy atom. The Morgan fingerprint density at radius 1 is 1.22 bits per heavy atom. The maximum atomic E-state index is 14.3. The van der Waals surface area contributed by atoms with E-state index in [-0.39, 0.29) is 11.4 Å². The van der Waals surface area contributed by atoms with Crippen LogP contribution in [-0.4, -0.2) is 47.3 Å². The van der Waals surface area contributed by atoms with E-state index >= 15 is 0 Å². The molecule has 8 nitrogen and oxygen atoms in total. The third kappa shape index (κ3) is 5.28. The van der Waals surface area contributed by atoms with Gasteiger partial charge in [-0.15, -0.1) is 10.2 Å². The van der Waals surface area contributed by atoms with Gasteiger partial charge in [-0.05, 0) is 54.6 Å². The minimum Gasteiger partial charge on any atom is -0.320 e. The van der Waals surface area contributed by atoms with Crippen LogP contribution < -0.4 is 5.69 Å². The molecule has 1 aliphatic carbocycles. The van der Waals surface area contributed by atoms with Gasteiger partial charge >= 0.3 is 11.9 Å². The summed E-state index contributed by atoms with van der Waals surface area (Å²) in [4.78, 5) is 19.7. The van der Waals surface area contributed by atoms with Crippen LogP contribution in [0.4, 0.5) is 13.2 Å². The van der Waals surface area contributed by atoms with Crippen molar-refractivity contribution in [3.63, 3.8) is 0 Å².